The summed E-state index contributed by atoms with van der Waals surface area (Å²) in [5.74, 6) is 2.15. The molecule has 5 heteroatoms. The molecule has 0 aliphatic heterocycles. The maximum absolute atomic E-state index is 5.34. The van der Waals surface area contributed by atoms with E-state index in [9.17, 15) is 0 Å². The summed E-state index contributed by atoms with van der Waals surface area (Å²) in [6, 6.07) is 2.00. The second-order valence-electron chi connectivity index (χ2n) is 5.35. The second-order valence-corrected chi connectivity index (χ2v) is 5.35. The molecule has 3 rings (SSSR count). The average Bonchev–Trinajstić information content (AvgIpc) is 3.06. The summed E-state index contributed by atoms with van der Waals surface area (Å²) in [4.78, 5) is 4.54. The normalized spacial score (nSPS) is 16.9. The number of rotatable bonds is 4. The fourth-order valence-electron chi connectivity index (χ4n) is 2.69. The van der Waals surface area contributed by atoms with E-state index in [-0.39, 0.29) is 0 Å². The summed E-state index contributed by atoms with van der Waals surface area (Å²) < 4.78 is 7.26. The lowest BCUT2D eigenvalue weighted by molar-refractivity contribution is 0.352. The Hall–Kier alpha value is -1.65. The smallest absolute Gasteiger partial charge is 0.228 e. The Morgan fingerprint density at radius 3 is 2.89 bits per heavy atom. The van der Waals surface area contributed by atoms with E-state index in [1.807, 2.05) is 23.9 Å². The highest BCUT2D eigenvalue weighted by Crippen LogP contribution is 2.30. The maximum Gasteiger partial charge on any atom is 0.228 e. The zero-order chi connectivity index (χ0) is 13.1. The van der Waals surface area contributed by atoms with Gasteiger partial charge in [0, 0.05) is 25.1 Å². The lowest BCUT2D eigenvalue weighted by Gasteiger charge is -2.17. The van der Waals surface area contributed by atoms with Crippen molar-refractivity contribution in [2.24, 2.45) is 0 Å². The van der Waals surface area contributed by atoms with Crippen molar-refractivity contribution in [1.29, 1.82) is 0 Å². The van der Waals surface area contributed by atoms with Gasteiger partial charge >= 0.3 is 0 Å². The largest absolute Gasteiger partial charge is 0.339 e. The molecule has 1 aliphatic rings. The molecule has 1 aliphatic carbocycles. The molecule has 0 radical (unpaired) electrons. The van der Waals surface area contributed by atoms with Crippen molar-refractivity contribution in [2.75, 3.05) is 0 Å². The molecule has 0 N–H and O–H groups in total. The quantitative estimate of drug-likeness (QED) is 0.848. The van der Waals surface area contributed by atoms with Gasteiger partial charge in [0.2, 0.25) is 5.89 Å². The maximum atomic E-state index is 5.34. The summed E-state index contributed by atoms with van der Waals surface area (Å²) in [7, 11) is 0. The lowest BCUT2D eigenvalue weighted by Crippen LogP contribution is -2.06. The van der Waals surface area contributed by atoms with Crippen LogP contribution in [-0.2, 0) is 13.0 Å². The molecule has 0 aromatic carbocycles. The van der Waals surface area contributed by atoms with Crippen molar-refractivity contribution in [1.82, 2.24) is 19.9 Å². The number of hydrogen-bond donors (Lipinski definition) is 0. The predicted octanol–water partition coefficient (Wildman–Crippen LogP) is 2.86. The molecule has 1 fully saturated rings. The number of hydrogen-bond acceptors (Lipinski definition) is 4. The second kappa shape index (κ2) is 5.55. The number of aryl methyl sites for hydroxylation is 3. The van der Waals surface area contributed by atoms with E-state index in [1.54, 1.807) is 0 Å². The van der Waals surface area contributed by atoms with Gasteiger partial charge in [0.05, 0.1) is 5.69 Å². The Morgan fingerprint density at radius 2 is 2.16 bits per heavy atom. The van der Waals surface area contributed by atoms with E-state index in [0.29, 0.717) is 5.92 Å². The van der Waals surface area contributed by atoms with E-state index >= 15 is 0 Å². The third-order valence-electron chi connectivity index (χ3n) is 3.78. The molecule has 2 heterocycles. The Balaban J connectivity index is 1.58. The zero-order valence-corrected chi connectivity index (χ0v) is 11.4. The average molecular weight is 260 g/mol. The predicted molar refractivity (Wildman–Crippen MR) is 70.8 cm³/mol. The topological polar surface area (TPSA) is 56.7 Å². The van der Waals surface area contributed by atoms with Crippen LogP contribution in [0.15, 0.2) is 16.8 Å². The molecule has 5 nitrogen and oxygen atoms in total. The van der Waals surface area contributed by atoms with Crippen molar-refractivity contribution in [3.05, 3.63) is 29.7 Å². The van der Waals surface area contributed by atoms with Crippen molar-refractivity contribution in [3.8, 4) is 0 Å². The molecule has 0 atom stereocenters. The highest BCUT2D eigenvalue weighted by Gasteiger charge is 2.20. The lowest BCUT2D eigenvalue weighted by atomic mass is 9.89. The summed E-state index contributed by atoms with van der Waals surface area (Å²) in [5, 5.41) is 8.49. The van der Waals surface area contributed by atoms with Gasteiger partial charge in [0.15, 0.2) is 5.82 Å². The highest BCUT2D eigenvalue weighted by molar-refractivity contribution is 4.98. The van der Waals surface area contributed by atoms with Crippen LogP contribution in [0.2, 0.25) is 0 Å². The molecular formula is C14H20N4O. The molecule has 0 unspecified atom stereocenters. The van der Waals surface area contributed by atoms with Crippen LogP contribution in [0.25, 0.3) is 0 Å². The SMILES string of the molecule is Cc1ccn(CCc2nc(C3CCCCC3)no2)n1. The van der Waals surface area contributed by atoms with Gasteiger partial charge in [0.1, 0.15) is 0 Å². The Kier molecular flexibility index (Phi) is 3.62. The fraction of sp³-hybridized carbons (Fsp3) is 0.643. The molecule has 1 saturated carbocycles. The molecule has 19 heavy (non-hydrogen) atoms. The van der Waals surface area contributed by atoms with Gasteiger partial charge < -0.3 is 4.52 Å². The Labute approximate surface area is 113 Å². The van der Waals surface area contributed by atoms with Gasteiger partial charge in [-0.3, -0.25) is 4.68 Å². The molecular weight excluding hydrogens is 240 g/mol. The van der Waals surface area contributed by atoms with E-state index in [1.165, 1.54) is 32.1 Å². The van der Waals surface area contributed by atoms with Gasteiger partial charge in [0.25, 0.3) is 0 Å². The third-order valence-corrected chi connectivity index (χ3v) is 3.78. The summed E-state index contributed by atoms with van der Waals surface area (Å²) >= 11 is 0. The minimum Gasteiger partial charge on any atom is -0.339 e. The van der Waals surface area contributed by atoms with Crippen LogP contribution in [0.3, 0.4) is 0 Å². The van der Waals surface area contributed by atoms with E-state index < -0.39 is 0 Å². The van der Waals surface area contributed by atoms with Crippen molar-refractivity contribution in [3.63, 3.8) is 0 Å². The third kappa shape index (κ3) is 3.03. The van der Waals surface area contributed by atoms with Crippen molar-refractivity contribution in [2.45, 2.75) is 57.9 Å². The van der Waals surface area contributed by atoms with Gasteiger partial charge in [-0.2, -0.15) is 10.1 Å². The molecule has 0 amide bonds. The van der Waals surface area contributed by atoms with E-state index in [0.717, 1.165) is 30.4 Å². The summed E-state index contributed by atoms with van der Waals surface area (Å²) in [6.45, 7) is 2.78. The van der Waals surface area contributed by atoms with Crippen molar-refractivity contribution < 1.29 is 4.52 Å². The minimum absolute atomic E-state index is 0.512. The van der Waals surface area contributed by atoms with Crippen molar-refractivity contribution >= 4 is 0 Å². The molecule has 2 aromatic rings. The number of aromatic nitrogens is 4. The van der Waals surface area contributed by atoms with E-state index in [2.05, 4.69) is 15.2 Å². The van der Waals surface area contributed by atoms with Crippen LogP contribution in [0.5, 0.6) is 0 Å². The monoisotopic (exact) mass is 260 g/mol. The molecule has 0 bridgehead atoms. The minimum atomic E-state index is 0.512. The Bertz CT molecular complexity index is 525. The molecule has 0 saturated heterocycles. The molecule has 0 spiro atoms. The summed E-state index contributed by atoms with van der Waals surface area (Å²) in [6.07, 6.45) is 9.07. The van der Waals surface area contributed by atoms with Gasteiger partial charge in [-0.15, -0.1) is 0 Å². The standard InChI is InChI=1S/C14H20N4O/c1-11-7-9-18(16-11)10-8-13-15-14(17-19-13)12-5-3-2-4-6-12/h7,9,12H,2-6,8,10H2,1H3. The van der Waals surface area contributed by atoms with Crippen LogP contribution in [0.1, 0.15) is 55.4 Å². The van der Waals surface area contributed by atoms with Crippen LogP contribution in [0, 0.1) is 6.92 Å². The fourth-order valence-corrected chi connectivity index (χ4v) is 2.69. The van der Waals surface area contributed by atoms with Gasteiger partial charge in [-0.1, -0.05) is 24.4 Å². The first-order valence-corrected chi connectivity index (χ1v) is 7.14. The van der Waals surface area contributed by atoms with Crippen LogP contribution < -0.4 is 0 Å². The first-order chi connectivity index (χ1) is 9.31. The summed E-state index contributed by atoms with van der Waals surface area (Å²) in [5.41, 5.74) is 1.04. The first kappa shape index (κ1) is 12.4. The van der Waals surface area contributed by atoms with Gasteiger partial charge in [-0.05, 0) is 25.8 Å². The van der Waals surface area contributed by atoms with Crippen LogP contribution in [0.4, 0.5) is 0 Å². The van der Waals surface area contributed by atoms with Crippen LogP contribution >= 0.6 is 0 Å². The molecule has 102 valence electrons. The van der Waals surface area contributed by atoms with Crippen LogP contribution in [-0.4, -0.2) is 19.9 Å². The Morgan fingerprint density at radius 1 is 1.32 bits per heavy atom. The first-order valence-electron chi connectivity index (χ1n) is 7.14. The van der Waals surface area contributed by atoms with Gasteiger partial charge in [-0.25, -0.2) is 0 Å². The number of nitrogens with zero attached hydrogens (tertiary/aromatic N) is 4. The zero-order valence-electron chi connectivity index (χ0n) is 11.4. The van der Waals surface area contributed by atoms with E-state index in [4.69, 9.17) is 4.52 Å². The molecule has 2 aromatic heterocycles. The highest BCUT2D eigenvalue weighted by atomic mass is 16.5.